The van der Waals surface area contributed by atoms with Gasteiger partial charge in [-0.1, -0.05) is 6.92 Å². The highest BCUT2D eigenvalue weighted by Crippen LogP contribution is 2.46. The maximum Gasteiger partial charge on any atom is 0.0282 e. The topological polar surface area (TPSA) is 15.3 Å². The Balaban J connectivity index is 1.73. The SMILES string of the molecule is CCN1CCCC(C(C)NCC2(SC)CC2)C1. The normalized spacial score (nSPS) is 30.2. The third-order valence-electron chi connectivity index (χ3n) is 4.68. The summed E-state index contributed by atoms with van der Waals surface area (Å²) in [6.07, 6.45) is 7.90. The molecule has 2 rings (SSSR count). The lowest BCUT2D eigenvalue weighted by Crippen LogP contribution is -2.46. The van der Waals surface area contributed by atoms with Crippen molar-refractivity contribution in [3.05, 3.63) is 0 Å². The van der Waals surface area contributed by atoms with E-state index in [-0.39, 0.29) is 0 Å². The van der Waals surface area contributed by atoms with Crippen LogP contribution in [0, 0.1) is 5.92 Å². The van der Waals surface area contributed by atoms with Crippen molar-refractivity contribution in [2.75, 3.05) is 32.4 Å². The highest BCUT2D eigenvalue weighted by molar-refractivity contribution is 8.00. The zero-order valence-electron chi connectivity index (χ0n) is 11.7. The molecular formula is C14H28N2S. The molecule has 0 aromatic heterocycles. The number of piperidine rings is 1. The van der Waals surface area contributed by atoms with E-state index in [2.05, 4.69) is 42.1 Å². The van der Waals surface area contributed by atoms with E-state index in [1.807, 2.05) is 0 Å². The molecule has 1 N–H and O–H groups in total. The summed E-state index contributed by atoms with van der Waals surface area (Å²) in [5.74, 6) is 0.862. The van der Waals surface area contributed by atoms with Gasteiger partial charge in [-0.25, -0.2) is 0 Å². The Labute approximate surface area is 111 Å². The molecule has 2 unspecified atom stereocenters. The molecule has 2 atom stereocenters. The summed E-state index contributed by atoms with van der Waals surface area (Å²) in [6.45, 7) is 9.73. The average molecular weight is 256 g/mol. The van der Waals surface area contributed by atoms with Gasteiger partial charge in [0, 0.05) is 23.9 Å². The van der Waals surface area contributed by atoms with Crippen molar-refractivity contribution in [1.82, 2.24) is 10.2 Å². The van der Waals surface area contributed by atoms with Crippen LogP contribution in [-0.4, -0.2) is 48.1 Å². The third kappa shape index (κ3) is 3.62. The van der Waals surface area contributed by atoms with Gasteiger partial charge in [0.05, 0.1) is 0 Å². The molecule has 2 nitrogen and oxygen atoms in total. The Morgan fingerprint density at radius 3 is 2.82 bits per heavy atom. The zero-order valence-corrected chi connectivity index (χ0v) is 12.5. The number of hydrogen-bond donors (Lipinski definition) is 1. The van der Waals surface area contributed by atoms with Crippen LogP contribution in [0.15, 0.2) is 0 Å². The van der Waals surface area contributed by atoms with Crippen LogP contribution in [0.5, 0.6) is 0 Å². The van der Waals surface area contributed by atoms with Crippen molar-refractivity contribution in [3.8, 4) is 0 Å². The number of nitrogens with zero attached hydrogens (tertiary/aromatic N) is 1. The van der Waals surface area contributed by atoms with Gasteiger partial charge in [0.15, 0.2) is 0 Å². The molecule has 0 bridgehead atoms. The molecule has 1 aliphatic heterocycles. The maximum atomic E-state index is 3.80. The van der Waals surface area contributed by atoms with Gasteiger partial charge < -0.3 is 10.2 Å². The molecule has 17 heavy (non-hydrogen) atoms. The van der Waals surface area contributed by atoms with E-state index in [4.69, 9.17) is 0 Å². The molecule has 2 aliphatic rings. The van der Waals surface area contributed by atoms with Crippen molar-refractivity contribution in [1.29, 1.82) is 0 Å². The first-order valence-corrected chi connectivity index (χ1v) is 8.42. The van der Waals surface area contributed by atoms with E-state index in [0.717, 1.165) is 5.92 Å². The second kappa shape index (κ2) is 5.94. The van der Waals surface area contributed by atoms with E-state index >= 15 is 0 Å². The first-order chi connectivity index (χ1) is 8.19. The molecule has 1 saturated heterocycles. The summed E-state index contributed by atoms with van der Waals surface area (Å²) in [7, 11) is 0. The van der Waals surface area contributed by atoms with Crippen LogP contribution in [-0.2, 0) is 0 Å². The van der Waals surface area contributed by atoms with E-state index < -0.39 is 0 Å². The average Bonchev–Trinajstić information content (AvgIpc) is 3.17. The first-order valence-electron chi connectivity index (χ1n) is 7.20. The van der Waals surface area contributed by atoms with E-state index in [1.54, 1.807) is 0 Å². The lowest BCUT2D eigenvalue weighted by molar-refractivity contribution is 0.157. The van der Waals surface area contributed by atoms with Gasteiger partial charge in [-0.05, 0) is 57.9 Å². The summed E-state index contributed by atoms with van der Waals surface area (Å²) in [6, 6.07) is 0.689. The summed E-state index contributed by atoms with van der Waals surface area (Å²) < 4.78 is 0.605. The number of nitrogens with one attached hydrogen (secondary N) is 1. The van der Waals surface area contributed by atoms with Crippen molar-refractivity contribution in [3.63, 3.8) is 0 Å². The highest BCUT2D eigenvalue weighted by atomic mass is 32.2. The summed E-state index contributed by atoms with van der Waals surface area (Å²) in [5, 5.41) is 3.80. The lowest BCUT2D eigenvalue weighted by atomic mass is 9.91. The quantitative estimate of drug-likeness (QED) is 0.786. The lowest BCUT2D eigenvalue weighted by Gasteiger charge is -2.36. The Hall–Kier alpha value is 0.270. The largest absolute Gasteiger partial charge is 0.313 e. The molecular weight excluding hydrogens is 228 g/mol. The summed E-state index contributed by atoms with van der Waals surface area (Å²) >= 11 is 2.06. The van der Waals surface area contributed by atoms with Crippen LogP contribution >= 0.6 is 11.8 Å². The first kappa shape index (κ1) is 13.7. The fraction of sp³-hybridized carbons (Fsp3) is 1.00. The molecule has 1 heterocycles. The Morgan fingerprint density at radius 2 is 2.24 bits per heavy atom. The molecule has 0 aromatic rings. The molecule has 1 saturated carbocycles. The van der Waals surface area contributed by atoms with Crippen molar-refractivity contribution >= 4 is 11.8 Å². The van der Waals surface area contributed by atoms with E-state index in [9.17, 15) is 0 Å². The molecule has 0 amide bonds. The van der Waals surface area contributed by atoms with Crippen LogP contribution in [0.4, 0.5) is 0 Å². The second-order valence-corrected chi connectivity index (χ2v) is 7.13. The molecule has 0 aromatic carbocycles. The third-order valence-corrected chi connectivity index (χ3v) is 6.10. The summed E-state index contributed by atoms with van der Waals surface area (Å²) in [5.41, 5.74) is 0. The molecule has 0 spiro atoms. The number of thioether (sulfide) groups is 1. The van der Waals surface area contributed by atoms with Crippen LogP contribution in [0.3, 0.4) is 0 Å². The van der Waals surface area contributed by atoms with Crippen LogP contribution in [0.2, 0.25) is 0 Å². The van der Waals surface area contributed by atoms with Crippen LogP contribution in [0.1, 0.15) is 39.5 Å². The highest BCUT2D eigenvalue weighted by Gasteiger charge is 2.42. The van der Waals surface area contributed by atoms with Crippen molar-refractivity contribution < 1.29 is 0 Å². The maximum absolute atomic E-state index is 3.80. The standard InChI is InChI=1S/C14H28N2S/c1-4-16-9-5-6-13(10-16)12(2)15-11-14(17-3)7-8-14/h12-13,15H,4-11H2,1-3H3. The minimum absolute atomic E-state index is 0.605. The monoisotopic (exact) mass is 256 g/mol. The number of likely N-dealkylation sites (tertiary alicyclic amines) is 1. The van der Waals surface area contributed by atoms with Gasteiger partial charge in [0.2, 0.25) is 0 Å². The molecule has 2 fully saturated rings. The zero-order chi connectivity index (χ0) is 12.3. The van der Waals surface area contributed by atoms with E-state index in [0.29, 0.717) is 10.8 Å². The van der Waals surface area contributed by atoms with Crippen LogP contribution < -0.4 is 5.32 Å². The molecule has 3 heteroatoms. The molecule has 0 radical (unpaired) electrons. The van der Waals surface area contributed by atoms with Crippen molar-refractivity contribution in [2.45, 2.75) is 50.3 Å². The predicted molar refractivity (Wildman–Crippen MR) is 77.8 cm³/mol. The van der Waals surface area contributed by atoms with Gasteiger partial charge in [-0.2, -0.15) is 11.8 Å². The van der Waals surface area contributed by atoms with Gasteiger partial charge in [-0.15, -0.1) is 0 Å². The Bertz CT molecular complexity index is 240. The van der Waals surface area contributed by atoms with Crippen LogP contribution in [0.25, 0.3) is 0 Å². The van der Waals surface area contributed by atoms with Gasteiger partial charge in [0.25, 0.3) is 0 Å². The number of rotatable bonds is 6. The second-order valence-electron chi connectivity index (χ2n) is 5.85. The minimum atomic E-state index is 0.605. The molecule has 1 aliphatic carbocycles. The summed E-state index contributed by atoms with van der Waals surface area (Å²) in [4.78, 5) is 2.60. The Morgan fingerprint density at radius 1 is 1.47 bits per heavy atom. The minimum Gasteiger partial charge on any atom is -0.313 e. The van der Waals surface area contributed by atoms with Crippen molar-refractivity contribution in [2.24, 2.45) is 5.92 Å². The smallest absolute Gasteiger partial charge is 0.0282 e. The molecule has 100 valence electrons. The number of hydrogen-bond acceptors (Lipinski definition) is 3. The van der Waals surface area contributed by atoms with Gasteiger partial charge >= 0.3 is 0 Å². The van der Waals surface area contributed by atoms with Gasteiger partial charge in [0.1, 0.15) is 0 Å². The fourth-order valence-electron chi connectivity index (χ4n) is 2.89. The predicted octanol–water partition coefficient (Wildman–Crippen LogP) is 2.59. The van der Waals surface area contributed by atoms with Gasteiger partial charge in [-0.3, -0.25) is 0 Å². The Kier molecular flexibility index (Phi) is 4.79. The van der Waals surface area contributed by atoms with E-state index in [1.165, 1.54) is 51.9 Å². The fourth-order valence-corrected chi connectivity index (χ4v) is 3.63.